The molecule has 98 valence electrons. The molecule has 0 aliphatic carbocycles. The maximum atomic E-state index is 5.64. The van der Waals surface area contributed by atoms with Gasteiger partial charge < -0.3 is 10.6 Å². The third-order valence-corrected chi connectivity index (χ3v) is 3.42. The fraction of sp³-hybridized carbons (Fsp3) is 0.385. The molecule has 1 aliphatic rings. The maximum absolute atomic E-state index is 5.64. The minimum Gasteiger partial charge on any atom is -0.368 e. The van der Waals surface area contributed by atoms with Crippen LogP contribution in [-0.4, -0.2) is 33.0 Å². The minimum absolute atomic E-state index is 0.342. The first kappa shape index (κ1) is 11.8. The van der Waals surface area contributed by atoms with E-state index in [2.05, 4.69) is 24.8 Å². The maximum Gasteiger partial charge on any atom is 0.220 e. The number of anilines is 2. The Kier molecular flexibility index (Phi) is 2.98. The second-order valence-electron chi connectivity index (χ2n) is 4.79. The van der Waals surface area contributed by atoms with E-state index in [0.29, 0.717) is 11.9 Å². The van der Waals surface area contributed by atoms with Gasteiger partial charge in [0.25, 0.3) is 0 Å². The van der Waals surface area contributed by atoms with Crippen LogP contribution in [0, 0.1) is 6.92 Å². The lowest BCUT2D eigenvalue weighted by molar-refractivity contribution is 0.741. The quantitative estimate of drug-likeness (QED) is 0.868. The van der Waals surface area contributed by atoms with E-state index >= 15 is 0 Å². The zero-order chi connectivity index (χ0) is 13.2. The normalized spacial score (nSPS) is 18.8. The molecule has 6 nitrogen and oxygen atoms in total. The monoisotopic (exact) mass is 256 g/mol. The third kappa shape index (κ3) is 2.47. The molecule has 0 amide bonds. The van der Waals surface area contributed by atoms with Gasteiger partial charge in [-0.3, -0.25) is 0 Å². The highest BCUT2D eigenvalue weighted by atomic mass is 15.2. The highest BCUT2D eigenvalue weighted by molar-refractivity contribution is 5.41. The molecule has 1 unspecified atom stereocenters. The van der Waals surface area contributed by atoms with Gasteiger partial charge in [0.15, 0.2) is 0 Å². The van der Waals surface area contributed by atoms with Crippen molar-refractivity contribution in [3.05, 3.63) is 36.0 Å². The molecule has 0 bridgehead atoms. The smallest absolute Gasteiger partial charge is 0.220 e. The van der Waals surface area contributed by atoms with Gasteiger partial charge in [0.1, 0.15) is 12.1 Å². The van der Waals surface area contributed by atoms with Crippen molar-refractivity contribution in [2.45, 2.75) is 19.3 Å². The predicted molar refractivity (Wildman–Crippen MR) is 72.8 cm³/mol. The van der Waals surface area contributed by atoms with Crippen LogP contribution in [-0.2, 0) is 0 Å². The van der Waals surface area contributed by atoms with Crippen LogP contribution in [0.2, 0.25) is 0 Å². The second-order valence-corrected chi connectivity index (χ2v) is 4.79. The first-order valence-electron chi connectivity index (χ1n) is 6.34. The topological polar surface area (TPSA) is 80.8 Å². The van der Waals surface area contributed by atoms with Crippen LogP contribution in [0.4, 0.5) is 11.8 Å². The number of hydrogen-bond acceptors (Lipinski definition) is 6. The molecule has 1 saturated heterocycles. The number of aromatic nitrogens is 4. The van der Waals surface area contributed by atoms with Crippen molar-refractivity contribution in [3.63, 3.8) is 0 Å². The van der Waals surface area contributed by atoms with Crippen LogP contribution in [0.15, 0.2) is 24.7 Å². The molecule has 6 heteroatoms. The molecule has 0 radical (unpaired) electrons. The second kappa shape index (κ2) is 4.79. The number of nitrogens with two attached hydrogens (primary N) is 1. The van der Waals surface area contributed by atoms with Gasteiger partial charge >= 0.3 is 0 Å². The van der Waals surface area contributed by atoms with Crippen LogP contribution in [0.25, 0.3) is 0 Å². The van der Waals surface area contributed by atoms with E-state index in [9.17, 15) is 0 Å². The molecule has 3 rings (SSSR count). The van der Waals surface area contributed by atoms with Gasteiger partial charge in [-0.15, -0.1) is 0 Å². The molecule has 3 heterocycles. The Bertz CT molecular complexity index is 533. The first-order chi connectivity index (χ1) is 9.22. The van der Waals surface area contributed by atoms with Gasteiger partial charge in [0.05, 0.1) is 5.69 Å². The number of hydrogen-bond donors (Lipinski definition) is 1. The highest BCUT2D eigenvalue weighted by Crippen LogP contribution is 2.28. The van der Waals surface area contributed by atoms with Crippen molar-refractivity contribution >= 4 is 11.8 Å². The summed E-state index contributed by atoms with van der Waals surface area (Å²) in [5, 5.41) is 0. The van der Waals surface area contributed by atoms with Crippen molar-refractivity contribution in [1.82, 2.24) is 19.9 Å². The fourth-order valence-electron chi connectivity index (χ4n) is 2.44. The predicted octanol–water partition coefficient (Wildman–Crippen LogP) is 1.15. The molecule has 2 N–H and O–H groups in total. The summed E-state index contributed by atoms with van der Waals surface area (Å²) < 4.78 is 0. The van der Waals surface area contributed by atoms with Crippen molar-refractivity contribution in [1.29, 1.82) is 0 Å². The molecule has 0 aromatic carbocycles. The number of nitrogens with zero attached hydrogens (tertiary/aromatic N) is 5. The molecule has 1 aliphatic heterocycles. The average molecular weight is 256 g/mol. The largest absolute Gasteiger partial charge is 0.368 e. The van der Waals surface area contributed by atoms with E-state index in [1.54, 1.807) is 12.5 Å². The zero-order valence-corrected chi connectivity index (χ0v) is 10.8. The Balaban J connectivity index is 1.77. The summed E-state index contributed by atoms with van der Waals surface area (Å²) in [5.41, 5.74) is 7.64. The van der Waals surface area contributed by atoms with Gasteiger partial charge in [-0.2, -0.15) is 0 Å². The molecule has 1 fully saturated rings. The summed E-state index contributed by atoms with van der Waals surface area (Å²) in [6, 6.07) is 3.95. The molecule has 2 aromatic rings. The lowest BCUT2D eigenvalue weighted by Gasteiger charge is -2.17. The first-order valence-corrected chi connectivity index (χ1v) is 6.34. The Hall–Kier alpha value is -2.24. The molecule has 2 aromatic heterocycles. The zero-order valence-electron chi connectivity index (χ0n) is 10.8. The molecule has 0 saturated carbocycles. The van der Waals surface area contributed by atoms with Crippen molar-refractivity contribution < 1.29 is 0 Å². The number of nitrogen functional groups attached to an aromatic ring is 1. The summed E-state index contributed by atoms with van der Waals surface area (Å²) in [6.07, 6.45) is 4.38. The average Bonchev–Trinajstić information content (AvgIpc) is 2.88. The molecule has 1 atom stereocenters. The van der Waals surface area contributed by atoms with E-state index in [0.717, 1.165) is 36.7 Å². The summed E-state index contributed by atoms with van der Waals surface area (Å²) in [5.74, 6) is 1.71. The standard InChI is InChI=1S/C13H16N6/c1-9-6-12(17-8-16-9)19-5-3-10(7-19)11-2-4-15-13(14)18-11/h2,4,6,8,10H,3,5,7H2,1H3,(H2,14,15,18). The van der Waals surface area contributed by atoms with Crippen LogP contribution >= 0.6 is 0 Å². The van der Waals surface area contributed by atoms with Crippen LogP contribution in [0.1, 0.15) is 23.7 Å². The SMILES string of the molecule is Cc1cc(N2CCC(c3ccnc(N)n3)C2)ncn1. The summed E-state index contributed by atoms with van der Waals surface area (Å²) in [4.78, 5) is 19.0. The highest BCUT2D eigenvalue weighted by Gasteiger charge is 2.26. The van der Waals surface area contributed by atoms with Crippen LogP contribution < -0.4 is 10.6 Å². The summed E-state index contributed by atoms with van der Waals surface area (Å²) in [7, 11) is 0. The lowest BCUT2D eigenvalue weighted by Crippen LogP contribution is -2.20. The summed E-state index contributed by atoms with van der Waals surface area (Å²) >= 11 is 0. The Morgan fingerprint density at radius 2 is 2.21 bits per heavy atom. The Labute approximate surface area is 111 Å². The lowest BCUT2D eigenvalue weighted by atomic mass is 10.1. The van der Waals surface area contributed by atoms with E-state index in [1.165, 1.54) is 0 Å². The van der Waals surface area contributed by atoms with E-state index in [1.807, 2.05) is 19.1 Å². The van der Waals surface area contributed by atoms with Crippen LogP contribution in [0.3, 0.4) is 0 Å². The van der Waals surface area contributed by atoms with Crippen LogP contribution in [0.5, 0.6) is 0 Å². The van der Waals surface area contributed by atoms with Gasteiger partial charge in [0, 0.05) is 37.0 Å². The van der Waals surface area contributed by atoms with E-state index in [4.69, 9.17) is 5.73 Å². The van der Waals surface area contributed by atoms with Gasteiger partial charge in [-0.1, -0.05) is 0 Å². The Morgan fingerprint density at radius 3 is 3.00 bits per heavy atom. The third-order valence-electron chi connectivity index (χ3n) is 3.42. The van der Waals surface area contributed by atoms with E-state index < -0.39 is 0 Å². The fourth-order valence-corrected chi connectivity index (χ4v) is 2.44. The van der Waals surface area contributed by atoms with Crippen molar-refractivity contribution in [2.75, 3.05) is 23.7 Å². The van der Waals surface area contributed by atoms with Gasteiger partial charge in [-0.05, 0) is 19.4 Å². The van der Waals surface area contributed by atoms with Gasteiger partial charge in [0.2, 0.25) is 5.95 Å². The summed E-state index contributed by atoms with van der Waals surface area (Å²) in [6.45, 7) is 3.86. The molecular formula is C13H16N6. The number of aryl methyl sites for hydroxylation is 1. The minimum atomic E-state index is 0.342. The van der Waals surface area contributed by atoms with Gasteiger partial charge in [-0.25, -0.2) is 19.9 Å². The number of rotatable bonds is 2. The van der Waals surface area contributed by atoms with E-state index in [-0.39, 0.29) is 0 Å². The molecule has 19 heavy (non-hydrogen) atoms. The molecule has 0 spiro atoms. The molecular weight excluding hydrogens is 240 g/mol. The van der Waals surface area contributed by atoms with Crippen molar-refractivity contribution in [2.24, 2.45) is 0 Å². The Morgan fingerprint density at radius 1 is 1.32 bits per heavy atom. The van der Waals surface area contributed by atoms with Crippen molar-refractivity contribution in [3.8, 4) is 0 Å².